The van der Waals surface area contributed by atoms with E-state index in [1.165, 1.54) is 23.5 Å². The number of nitrogens with zero attached hydrogens (tertiary/aromatic N) is 1. The van der Waals surface area contributed by atoms with Gasteiger partial charge in [-0.2, -0.15) is 0 Å². The second kappa shape index (κ2) is 7.99. The first kappa shape index (κ1) is 19.2. The Morgan fingerprint density at radius 3 is 2.48 bits per heavy atom. The van der Waals surface area contributed by atoms with Crippen molar-refractivity contribution in [2.24, 2.45) is 0 Å². The fourth-order valence-corrected chi connectivity index (χ4v) is 4.39. The van der Waals surface area contributed by atoms with Crippen molar-refractivity contribution >= 4 is 33.0 Å². The van der Waals surface area contributed by atoms with Crippen LogP contribution in [0.4, 0.5) is 5.69 Å². The zero-order chi connectivity index (χ0) is 19.4. The molecule has 0 radical (unpaired) electrons. The molecule has 0 aliphatic carbocycles. The summed E-state index contributed by atoms with van der Waals surface area (Å²) in [5, 5.41) is 5.59. The minimum absolute atomic E-state index is 0.0583. The van der Waals surface area contributed by atoms with E-state index in [0.717, 1.165) is 10.6 Å². The van der Waals surface area contributed by atoms with Crippen LogP contribution in [-0.4, -0.2) is 25.4 Å². The number of hydrogen-bond donors (Lipinski definition) is 2. The summed E-state index contributed by atoms with van der Waals surface area (Å²) in [7, 11) is -3.65. The topological polar surface area (TPSA) is 88.2 Å². The monoisotopic (exact) mass is 401 g/mol. The minimum Gasteiger partial charge on any atom is -0.322 e. The van der Waals surface area contributed by atoms with Crippen LogP contribution in [0.2, 0.25) is 0 Å². The van der Waals surface area contributed by atoms with Gasteiger partial charge in [0.1, 0.15) is 5.01 Å². The van der Waals surface area contributed by atoms with Gasteiger partial charge in [0.25, 0.3) is 5.91 Å². The smallest absolute Gasteiger partial charge is 0.255 e. The lowest BCUT2D eigenvalue weighted by molar-refractivity contribution is 0.102. The quantitative estimate of drug-likeness (QED) is 0.658. The average Bonchev–Trinajstić information content (AvgIpc) is 3.16. The molecule has 3 aromatic rings. The van der Waals surface area contributed by atoms with E-state index >= 15 is 0 Å². The van der Waals surface area contributed by atoms with Crippen molar-refractivity contribution in [3.05, 3.63) is 65.7 Å². The number of amides is 1. The van der Waals surface area contributed by atoms with Crippen LogP contribution in [-0.2, 0) is 10.0 Å². The molecule has 0 unspecified atom stereocenters. The first-order chi connectivity index (χ1) is 12.8. The number of nitrogens with one attached hydrogen (secondary N) is 2. The first-order valence-corrected chi connectivity index (χ1v) is 10.6. The normalized spacial score (nSPS) is 11.5. The van der Waals surface area contributed by atoms with Crippen molar-refractivity contribution < 1.29 is 13.2 Å². The van der Waals surface area contributed by atoms with Crippen LogP contribution in [0, 0.1) is 0 Å². The van der Waals surface area contributed by atoms with Crippen molar-refractivity contribution in [2.75, 3.05) is 5.32 Å². The molecular weight excluding hydrogens is 382 g/mol. The molecule has 0 atom stereocenters. The second-order valence-electron chi connectivity index (χ2n) is 6.17. The Balaban J connectivity index is 1.76. The zero-order valence-corrected chi connectivity index (χ0v) is 16.5. The van der Waals surface area contributed by atoms with E-state index < -0.39 is 10.0 Å². The number of carbonyl (C=O) groups excluding carboxylic acids is 1. The van der Waals surface area contributed by atoms with Crippen molar-refractivity contribution in [3.8, 4) is 10.6 Å². The van der Waals surface area contributed by atoms with Crippen LogP contribution in [0.25, 0.3) is 10.6 Å². The molecule has 3 rings (SSSR count). The molecule has 1 heterocycles. The Morgan fingerprint density at radius 2 is 1.85 bits per heavy atom. The fourth-order valence-electron chi connectivity index (χ4n) is 2.45. The van der Waals surface area contributed by atoms with Crippen LogP contribution in [0.1, 0.15) is 24.2 Å². The highest BCUT2D eigenvalue weighted by atomic mass is 32.2. The van der Waals surface area contributed by atoms with Crippen LogP contribution in [0.3, 0.4) is 0 Å². The molecule has 0 spiro atoms. The molecule has 0 fully saturated rings. The van der Waals surface area contributed by atoms with Gasteiger partial charge in [0.2, 0.25) is 10.0 Å². The summed E-state index contributed by atoms with van der Waals surface area (Å²) < 4.78 is 27.1. The number of benzene rings is 2. The van der Waals surface area contributed by atoms with Gasteiger partial charge in [-0.3, -0.25) is 4.79 Å². The van der Waals surface area contributed by atoms with E-state index in [-0.39, 0.29) is 22.4 Å². The van der Waals surface area contributed by atoms with Gasteiger partial charge >= 0.3 is 0 Å². The molecule has 0 saturated heterocycles. The molecule has 6 nitrogen and oxygen atoms in total. The van der Waals surface area contributed by atoms with Gasteiger partial charge in [-0.1, -0.05) is 6.07 Å². The summed E-state index contributed by atoms with van der Waals surface area (Å²) in [5.41, 5.74) is 1.86. The highest BCUT2D eigenvalue weighted by Crippen LogP contribution is 2.23. The second-order valence-corrected chi connectivity index (χ2v) is 8.78. The molecule has 1 aromatic heterocycles. The van der Waals surface area contributed by atoms with Crippen molar-refractivity contribution in [3.63, 3.8) is 0 Å². The Bertz CT molecular complexity index is 1030. The summed E-state index contributed by atoms with van der Waals surface area (Å²) in [6.07, 6.45) is 1.74. The predicted octanol–water partition coefficient (Wildman–Crippen LogP) is 3.75. The van der Waals surface area contributed by atoms with Gasteiger partial charge in [-0.25, -0.2) is 18.1 Å². The molecule has 2 aromatic carbocycles. The lowest BCUT2D eigenvalue weighted by Crippen LogP contribution is -2.30. The highest BCUT2D eigenvalue weighted by Gasteiger charge is 2.17. The molecular formula is C19H19N3O3S2. The lowest BCUT2D eigenvalue weighted by Gasteiger charge is -2.11. The van der Waals surface area contributed by atoms with Gasteiger partial charge in [0.05, 0.1) is 4.90 Å². The van der Waals surface area contributed by atoms with E-state index in [0.29, 0.717) is 5.69 Å². The zero-order valence-electron chi connectivity index (χ0n) is 14.8. The predicted molar refractivity (Wildman–Crippen MR) is 107 cm³/mol. The fraction of sp³-hybridized carbons (Fsp3) is 0.158. The summed E-state index contributed by atoms with van der Waals surface area (Å²) in [6, 6.07) is 13.1. The van der Waals surface area contributed by atoms with Crippen molar-refractivity contribution in [1.29, 1.82) is 0 Å². The summed E-state index contributed by atoms with van der Waals surface area (Å²) in [5.74, 6) is -0.376. The standard InChI is InChI=1S/C19H19N3O3S2/c1-13(2)22-27(24,25)17-5-3-4-15(12-17)18(23)21-16-8-6-14(7-9-16)19-20-10-11-26-19/h3-13,22H,1-2H3,(H,21,23). The minimum atomic E-state index is -3.65. The van der Waals surface area contributed by atoms with Crippen molar-refractivity contribution in [1.82, 2.24) is 9.71 Å². The largest absolute Gasteiger partial charge is 0.322 e. The molecule has 27 heavy (non-hydrogen) atoms. The Hall–Kier alpha value is -2.55. The molecule has 1 amide bonds. The van der Waals surface area contributed by atoms with E-state index in [9.17, 15) is 13.2 Å². The Labute approximate surface area is 162 Å². The third kappa shape index (κ3) is 4.79. The highest BCUT2D eigenvalue weighted by molar-refractivity contribution is 7.89. The van der Waals surface area contributed by atoms with Gasteiger partial charge in [0, 0.05) is 34.4 Å². The first-order valence-electron chi connectivity index (χ1n) is 8.29. The number of anilines is 1. The van der Waals surface area contributed by atoms with Crippen LogP contribution in [0.15, 0.2) is 65.0 Å². The van der Waals surface area contributed by atoms with Crippen LogP contribution in [0.5, 0.6) is 0 Å². The van der Waals surface area contributed by atoms with Gasteiger partial charge < -0.3 is 5.32 Å². The average molecular weight is 402 g/mol. The molecule has 0 aliphatic rings. The van der Waals surface area contributed by atoms with Gasteiger partial charge in [-0.05, 0) is 56.3 Å². The number of carbonyl (C=O) groups is 1. The van der Waals surface area contributed by atoms with Crippen LogP contribution < -0.4 is 10.0 Å². The summed E-state index contributed by atoms with van der Waals surface area (Å²) >= 11 is 1.54. The third-order valence-corrected chi connectivity index (χ3v) is 6.10. The van der Waals surface area contributed by atoms with E-state index in [1.54, 1.807) is 44.3 Å². The maximum Gasteiger partial charge on any atom is 0.255 e. The molecule has 8 heteroatoms. The van der Waals surface area contributed by atoms with Gasteiger partial charge in [-0.15, -0.1) is 11.3 Å². The van der Waals surface area contributed by atoms with E-state index in [1.807, 2.05) is 17.5 Å². The maximum absolute atomic E-state index is 12.5. The molecule has 0 bridgehead atoms. The summed E-state index contributed by atoms with van der Waals surface area (Å²) in [6.45, 7) is 3.48. The van der Waals surface area contributed by atoms with Crippen LogP contribution >= 0.6 is 11.3 Å². The SMILES string of the molecule is CC(C)NS(=O)(=O)c1cccc(C(=O)Nc2ccc(-c3nccs3)cc2)c1. The van der Waals surface area contributed by atoms with Gasteiger partial charge in [0.15, 0.2) is 0 Å². The number of hydrogen-bond acceptors (Lipinski definition) is 5. The van der Waals surface area contributed by atoms with E-state index in [4.69, 9.17) is 0 Å². The molecule has 140 valence electrons. The van der Waals surface area contributed by atoms with Crippen molar-refractivity contribution in [2.45, 2.75) is 24.8 Å². The molecule has 0 aliphatic heterocycles. The number of aromatic nitrogens is 1. The Kier molecular flexibility index (Phi) is 5.69. The molecule has 0 saturated carbocycles. The lowest BCUT2D eigenvalue weighted by atomic mass is 10.2. The van der Waals surface area contributed by atoms with E-state index in [2.05, 4.69) is 15.0 Å². The molecule has 2 N–H and O–H groups in total. The maximum atomic E-state index is 12.5. The summed E-state index contributed by atoms with van der Waals surface area (Å²) in [4.78, 5) is 16.8. The number of rotatable bonds is 6. The number of thiazole rings is 1. The third-order valence-electron chi connectivity index (χ3n) is 3.62. The number of sulfonamides is 1. The Morgan fingerprint density at radius 1 is 1.11 bits per heavy atom.